The number of carbonyl (C=O) groups is 1. The Morgan fingerprint density at radius 2 is 1.93 bits per heavy atom. The normalized spacial score (nSPS) is 12.0. The lowest BCUT2D eigenvalue weighted by molar-refractivity contribution is -0.119. The van der Waals surface area contributed by atoms with Gasteiger partial charge in [0, 0.05) is 12.1 Å². The lowest BCUT2D eigenvalue weighted by Gasteiger charge is -2.16. The summed E-state index contributed by atoms with van der Waals surface area (Å²) in [6.07, 6.45) is 0. The van der Waals surface area contributed by atoms with Crippen LogP contribution in [0.5, 0.6) is 0 Å². The average molecular weight is 395 g/mol. The Hall–Kier alpha value is -2.60. The van der Waals surface area contributed by atoms with Gasteiger partial charge in [0.05, 0.1) is 11.8 Å². The number of hydrogen-bond donors (Lipinski definition) is 1. The molecule has 1 amide bonds. The maximum absolute atomic E-state index is 12.4. The second kappa shape index (κ2) is 9.06. The number of nitrogens with one attached hydrogen (secondary N) is 1. The van der Waals surface area contributed by atoms with Gasteiger partial charge in [0.25, 0.3) is 0 Å². The van der Waals surface area contributed by atoms with Crippen molar-refractivity contribution in [1.29, 1.82) is 0 Å². The Balaban J connectivity index is 1.66. The van der Waals surface area contributed by atoms with Gasteiger partial charge >= 0.3 is 0 Å². The van der Waals surface area contributed by atoms with Gasteiger partial charge in [-0.25, -0.2) is 0 Å². The topological polar surface area (TPSA) is 59.8 Å². The van der Waals surface area contributed by atoms with Crippen LogP contribution < -0.4 is 5.32 Å². The highest BCUT2D eigenvalue weighted by atomic mass is 32.2. The maximum Gasteiger partial charge on any atom is 0.230 e. The third kappa shape index (κ3) is 4.62. The number of rotatable bonds is 7. The zero-order chi connectivity index (χ0) is 20.1. The van der Waals surface area contributed by atoms with E-state index in [0.717, 1.165) is 28.7 Å². The highest BCUT2D eigenvalue weighted by molar-refractivity contribution is 7.99. The highest BCUT2D eigenvalue weighted by Gasteiger charge is 2.16. The molecule has 1 heterocycles. The molecule has 0 saturated carbocycles. The van der Waals surface area contributed by atoms with E-state index < -0.39 is 0 Å². The number of benzene rings is 2. The lowest BCUT2D eigenvalue weighted by Crippen LogP contribution is -2.28. The molecule has 1 aromatic heterocycles. The van der Waals surface area contributed by atoms with Crippen LogP contribution in [0.2, 0.25) is 0 Å². The van der Waals surface area contributed by atoms with Crippen LogP contribution in [0, 0.1) is 13.8 Å². The number of aryl methyl sites for hydroxylation is 2. The van der Waals surface area contributed by atoms with Crippen molar-refractivity contribution in [2.75, 3.05) is 5.75 Å². The average Bonchev–Trinajstić information content (AvgIpc) is 3.09. The van der Waals surface area contributed by atoms with E-state index in [0.29, 0.717) is 5.75 Å². The van der Waals surface area contributed by atoms with Gasteiger partial charge in [0.1, 0.15) is 0 Å². The molecule has 1 N–H and O–H groups in total. The summed E-state index contributed by atoms with van der Waals surface area (Å²) in [5.74, 6) is 1.13. The minimum absolute atomic E-state index is 0.0106. The predicted molar refractivity (Wildman–Crippen MR) is 114 cm³/mol. The molecule has 1 atom stereocenters. The number of aromatic nitrogens is 3. The summed E-state index contributed by atoms with van der Waals surface area (Å²) in [4.78, 5) is 12.4. The van der Waals surface area contributed by atoms with Gasteiger partial charge in [-0.2, -0.15) is 0 Å². The summed E-state index contributed by atoms with van der Waals surface area (Å²) in [5.41, 5.74) is 4.54. The first-order valence-corrected chi connectivity index (χ1v) is 10.5. The molecule has 0 bridgehead atoms. The summed E-state index contributed by atoms with van der Waals surface area (Å²) in [6.45, 7) is 8.94. The standard InChI is InChI=1S/C22H26N4OS/c1-5-26-21(18-11-8-9-15(2)13-18)24-25-22(26)28-14-20(27)23-17(4)19-12-7-6-10-16(19)3/h6-13,17H,5,14H2,1-4H3,(H,23,27). The van der Waals surface area contributed by atoms with Crippen molar-refractivity contribution in [1.82, 2.24) is 20.1 Å². The third-order valence-electron chi connectivity index (χ3n) is 4.67. The Labute approximate surface area is 170 Å². The van der Waals surface area contributed by atoms with Gasteiger partial charge in [-0.05, 0) is 44.9 Å². The van der Waals surface area contributed by atoms with E-state index in [1.165, 1.54) is 22.9 Å². The van der Waals surface area contributed by atoms with Gasteiger partial charge in [0.2, 0.25) is 5.91 Å². The minimum Gasteiger partial charge on any atom is -0.349 e. The molecule has 3 rings (SSSR count). The Morgan fingerprint density at radius 1 is 1.14 bits per heavy atom. The molecule has 0 aliphatic carbocycles. The second-order valence-corrected chi connectivity index (χ2v) is 7.80. The minimum atomic E-state index is -0.0267. The Bertz CT molecular complexity index is 967. The van der Waals surface area contributed by atoms with Crippen molar-refractivity contribution >= 4 is 17.7 Å². The van der Waals surface area contributed by atoms with Gasteiger partial charge in [-0.3, -0.25) is 4.79 Å². The van der Waals surface area contributed by atoms with Crippen molar-refractivity contribution in [3.05, 3.63) is 65.2 Å². The molecule has 3 aromatic rings. The molecule has 2 aromatic carbocycles. The van der Waals surface area contributed by atoms with Crippen LogP contribution in [0.15, 0.2) is 53.7 Å². The summed E-state index contributed by atoms with van der Waals surface area (Å²) < 4.78 is 2.05. The molecule has 146 valence electrons. The monoisotopic (exact) mass is 394 g/mol. The molecule has 28 heavy (non-hydrogen) atoms. The van der Waals surface area contributed by atoms with E-state index in [1.807, 2.05) is 31.2 Å². The van der Waals surface area contributed by atoms with Crippen LogP contribution in [0.25, 0.3) is 11.4 Å². The van der Waals surface area contributed by atoms with E-state index in [4.69, 9.17) is 0 Å². The van der Waals surface area contributed by atoms with Crippen molar-refractivity contribution in [2.24, 2.45) is 0 Å². The molecule has 5 nitrogen and oxygen atoms in total. The largest absolute Gasteiger partial charge is 0.349 e. The number of thioether (sulfide) groups is 1. The summed E-state index contributed by atoms with van der Waals surface area (Å²) >= 11 is 1.42. The lowest BCUT2D eigenvalue weighted by atomic mass is 10.0. The maximum atomic E-state index is 12.4. The molecule has 6 heteroatoms. The fourth-order valence-electron chi connectivity index (χ4n) is 3.24. The molecular weight excluding hydrogens is 368 g/mol. The zero-order valence-corrected chi connectivity index (χ0v) is 17.6. The fraction of sp³-hybridized carbons (Fsp3) is 0.318. The molecule has 0 spiro atoms. The van der Waals surface area contributed by atoms with Crippen molar-refractivity contribution in [2.45, 2.75) is 45.4 Å². The van der Waals surface area contributed by atoms with Gasteiger partial charge in [-0.15, -0.1) is 10.2 Å². The van der Waals surface area contributed by atoms with E-state index >= 15 is 0 Å². The van der Waals surface area contributed by atoms with E-state index in [9.17, 15) is 4.79 Å². The van der Waals surface area contributed by atoms with Crippen molar-refractivity contribution < 1.29 is 4.79 Å². The fourth-order valence-corrected chi connectivity index (χ4v) is 4.06. The van der Waals surface area contributed by atoms with Crippen LogP contribution in [-0.4, -0.2) is 26.4 Å². The van der Waals surface area contributed by atoms with Crippen molar-refractivity contribution in [3.63, 3.8) is 0 Å². The molecular formula is C22H26N4OS. The summed E-state index contributed by atoms with van der Waals surface area (Å²) in [6, 6.07) is 16.3. The number of amides is 1. The van der Waals surface area contributed by atoms with Gasteiger partial charge < -0.3 is 9.88 Å². The van der Waals surface area contributed by atoms with Crippen LogP contribution in [-0.2, 0) is 11.3 Å². The van der Waals surface area contributed by atoms with E-state index in [2.05, 4.69) is 65.1 Å². The summed E-state index contributed by atoms with van der Waals surface area (Å²) in [5, 5.41) is 12.5. The third-order valence-corrected chi connectivity index (χ3v) is 5.64. The second-order valence-electron chi connectivity index (χ2n) is 6.85. The highest BCUT2D eigenvalue weighted by Crippen LogP contribution is 2.25. The Kier molecular flexibility index (Phi) is 6.52. The number of hydrogen-bond acceptors (Lipinski definition) is 4. The van der Waals surface area contributed by atoms with Crippen LogP contribution >= 0.6 is 11.8 Å². The number of carbonyl (C=O) groups excluding carboxylic acids is 1. The van der Waals surface area contributed by atoms with Crippen molar-refractivity contribution in [3.8, 4) is 11.4 Å². The first-order chi connectivity index (χ1) is 13.5. The molecule has 0 saturated heterocycles. The molecule has 0 aliphatic heterocycles. The zero-order valence-electron chi connectivity index (χ0n) is 16.8. The Morgan fingerprint density at radius 3 is 2.64 bits per heavy atom. The molecule has 0 radical (unpaired) electrons. The smallest absolute Gasteiger partial charge is 0.230 e. The molecule has 0 aliphatic rings. The van der Waals surface area contributed by atoms with E-state index in [1.54, 1.807) is 0 Å². The first-order valence-electron chi connectivity index (χ1n) is 9.47. The quantitative estimate of drug-likeness (QED) is 0.597. The molecule has 0 fully saturated rings. The SMILES string of the molecule is CCn1c(SCC(=O)NC(C)c2ccccc2C)nnc1-c1cccc(C)c1. The molecule has 1 unspecified atom stereocenters. The van der Waals surface area contributed by atoms with Gasteiger partial charge in [-0.1, -0.05) is 59.8 Å². The van der Waals surface area contributed by atoms with Crippen LogP contribution in [0.4, 0.5) is 0 Å². The summed E-state index contributed by atoms with van der Waals surface area (Å²) in [7, 11) is 0. The van der Waals surface area contributed by atoms with Gasteiger partial charge in [0.15, 0.2) is 11.0 Å². The first kappa shape index (κ1) is 20.1. The van der Waals surface area contributed by atoms with E-state index in [-0.39, 0.29) is 11.9 Å². The van der Waals surface area contributed by atoms with Crippen LogP contribution in [0.3, 0.4) is 0 Å². The van der Waals surface area contributed by atoms with Crippen LogP contribution in [0.1, 0.15) is 36.6 Å². The number of nitrogens with zero attached hydrogens (tertiary/aromatic N) is 3. The predicted octanol–water partition coefficient (Wildman–Crippen LogP) is 4.55.